The molecule has 0 radical (unpaired) electrons. The van der Waals surface area contributed by atoms with E-state index < -0.39 is 0 Å². The van der Waals surface area contributed by atoms with E-state index in [0.29, 0.717) is 5.91 Å². The van der Waals surface area contributed by atoms with E-state index in [2.05, 4.69) is 49.3 Å². The van der Waals surface area contributed by atoms with Crippen LogP contribution in [-0.4, -0.2) is 73.0 Å². The molecule has 0 aromatic carbocycles. The highest BCUT2D eigenvalue weighted by molar-refractivity contribution is 5.76. The highest BCUT2D eigenvalue weighted by Gasteiger charge is 2.15. The molecule has 4 heteroatoms. The fraction of sp³-hybridized carbons (Fsp3) is 0.964. The smallest absolute Gasteiger partial charge is 0.222 e. The molecule has 0 bridgehead atoms. The van der Waals surface area contributed by atoms with Gasteiger partial charge in [0.25, 0.3) is 0 Å². The van der Waals surface area contributed by atoms with Crippen LogP contribution in [0.2, 0.25) is 0 Å². The van der Waals surface area contributed by atoms with E-state index in [1.54, 1.807) is 0 Å². The molecule has 0 saturated carbocycles. The summed E-state index contributed by atoms with van der Waals surface area (Å²) in [6.45, 7) is 19.1. The maximum Gasteiger partial charge on any atom is 0.222 e. The standard InChI is InChI=1S/C28H59N3O/c1-6-11-12-13-14-15-16-17-18-19-20-21-22-23-28(32)31(26-24-29(7-2)8-3)27-25-30(9-4)10-5/h6-27H2,1-5H3. The van der Waals surface area contributed by atoms with Crippen molar-refractivity contribution in [3.8, 4) is 0 Å². The average Bonchev–Trinajstić information content (AvgIpc) is 2.81. The maximum absolute atomic E-state index is 12.9. The molecule has 0 N–H and O–H groups in total. The van der Waals surface area contributed by atoms with Crippen LogP contribution in [0.3, 0.4) is 0 Å². The molecule has 0 aromatic rings. The molecular formula is C28H59N3O. The summed E-state index contributed by atoms with van der Waals surface area (Å²) in [5.74, 6) is 0.368. The first-order valence-corrected chi connectivity index (χ1v) is 14.3. The Balaban J connectivity index is 3.98. The van der Waals surface area contributed by atoms with Crippen LogP contribution in [-0.2, 0) is 4.79 Å². The van der Waals surface area contributed by atoms with Crippen LogP contribution >= 0.6 is 0 Å². The maximum atomic E-state index is 12.9. The molecule has 0 spiro atoms. The first-order chi connectivity index (χ1) is 15.6. The summed E-state index contributed by atoms with van der Waals surface area (Å²) < 4.78 is 0. The Bertz CT molecular complexity index is 378. The first kappa shape index (κ1) is 31.4. The highest BCUT2D eigenvalue weighted by Crippen LogP contribution is 2.13. The normalized spacial score (nSPS) is 11.6. The van der Waals surface area contributed by atoms with Crippen molar-refractivity contribution < 1.29 is 4.79 Å². The van der Waals surface area contributed by atoms with Crippen molar-refractivity contribution >= 4 is 5.91 Å². The number of unbranched alkanes of at least 4 members (excludes halogenated alkanes) is 12. The van der Waals surface area contributed by atoms with E-state index in [9.17, 15) is 4.79 Å². The Morgan fingerprint density at radius 2 is 0.812 bits per heavy atom. The Labute approximate surface area is 202 Å². The predicted molar refractivity (Wildman–Crippen MR) is 142 cm³/mol. The minimum absolute atomic E-state index is 0.368. The molecule has 0 aliphatic rings. The van der Waals surface area contributed by atoms with Gasteiger partial charge in [-0.05, 0) is 32.6 Å². The zero-order valence-corrected chi connectivity index (χ0v) is 22.8. The SMILES string of the molecule is CCCCCCCCCCCCCCCC(=O)N(CCN(CC)CC)CCN(CC)CC. The number of amides is 1. The van der Waals surface area contributed by atoms with Gasteiger partial charge < -0.3 is 14.7 Å². The summed E-state index contributed by atoms with van der Waals surface area (Å²) in [6, 6.07) is 0. The molecule has 4 nitrogen and oxygen atoms in total. The van der Waals surface area contributed by atoms with E-state index in [1.807, 2.05) is 0 Å². The van der Waals surface area contributed by atoms with Gasteiger partial charge in [-0.3, -0.25) is 4.79 Å². The Morgan fingerprint density at radius 3 is 1.16 bits per heavy atom. The number of rotatable bonds is 24. The second kappa shape index (κ2) is 23.5. The average molecular weight is 454 g/mol. The van der Waals surface area contributed by atoms with Crippen molar-refractivity contribution in [3.05, 3.63) is 0 Å². The molecule has 192 valence electrons. The lowest BCUT2D eigenvalue weighted by atomic mass is 10.0. The summed E-state index contributed by atoms with van der Waals surface area (Å²) in [5.41, 5.74) is 0. The van der Waals surface area contributed by atoms with Gasteiger partial charge >= 0.3 is 0 Å². The summed E-state index contributed by atoms with van der Waals surface area (Å²) in [5, 5.41) is 0. The fourth-order valence-electron chi connectivity index (χ4n) is 4.42. The van der Waals surface area contributed by atoms with Gasteiger partial charge in [-0.15, -0.1) is 0 Å². The van der Waals surface area contributed by atoms with E-state index in [1.165, 1.54) is 77.0 Å². The third-order valence-corrected chi connectivity index (χ3v) is 7.01. The molecule has 1 amide bonds. The zero-order valence-electron chi connectivity index (χ0n) is 22.8. The van der Waals surface area contributed by atoms with Crippen molar-refractivity contribution in [3.63, 3.8) is 0 Å². The van der Waals surface area contributed by atoms with Gasteiger partial charge in [0.05, 0.1) is 0 Å². The number of hydrogen-bond donors (Lipinski definition) is 0. The van der Waals surface area contributed by atoms with Crippen LogP contribution < -0.4 is 0 Å². The van der Waals surface area contributed by atoms with Crippen molar-refractivity contribution in [2.24, 2.45) is 0 Å². The quantitative estimate of drug-likeness (QED) is 0.147. The van der Waals surface area contributed by atoms with Gasteiger partial charge in [0, 0.05) is 32.6 Å². The molecule has 0 unspecified atom stereocenters. The second-order valence-corrected chi connectivity index (χ2v) is 9.43. The van der Waals surface area contributed by atoms with Crippen LogP contribution in [0.15, 0.2) is 0 Å². The summed E-state index contributed by atoms with van der Waals surface area (Å²) >= 11 is 0. The van der Waals surface area contributed by atoms with E-state index >= 15 is 0 Å². The van der Waals surface area contributed by atoms with Crippen LogP contribution in [0.1, 0.15) is 125 Å². The van der Waals surface area contributed by atoms with Gasteiger partial charge in [0.2, 0.25) is 5.91 Å². The number of nitrogens with zero attached hydrogens (tertiary/aromatic N) is 3. The lowest BCUT2D eigenvalue weighted by Crippen LogP contribution is -2.42. The van der Waals surface area contributed by atoms with Gasteiger partial charge in [0.15, 0.2) is 0 Å². The number of likely N-dealkylation sites (N-methyl/N-ethyl adjacent to an activating group) is 2. The Kier molecular flexibility index (Phi) is 23.1. The van der Waals surface area contributed by atoms with E-state index in [-0.39, 0.29) is 0 Å². The third kappa shape index (κ3) is 17.9. The van der Waals surface area contributed by atoms with Crippen LogP contribution in [0.5, 0.6) is 0 Å². The molecule has 0 saturated heterocycles. The minimum atomic E-state index is 0.368. The van der Waals surface area contributed by atoms with Crippen molar-refractivity contribution in [2.45, 2.75) is 125 Å². The second-order valence-electron chi connectivity index (χ2n) is 9.43. The fourth-order valence-corrected chi connectivity index (χ4v) is 4.42. The molecule has 0 aliphatic heterocycles. The van der Waals surface area contributed by atoms with Crippen molar-refractivity contribution in [1.29, 1.82) is 0 Å². The predicted octanol–water partition coefficient (Wildman–Crippen LogP) is 6.98. The molecule has 32 heavy (non-hydrogen) atoms. The van der Waals surface area contributed by atoms with Crippen LogP contribution in [0, 0.1) is 0 Å². The molecule has 0 aliphatic carbocycles. The number of carbonyl (C=O) groups excluding carboxylic acids is 1. The van der Waals surface area contributed by atoms with Crippen LogP contribution in [0.25, 0.3) is 0 Å². The zero-order chi connectivity index (χ0) is 23.9. The van der Waals surface area contributed by atoms with Gasteiger partial charge in [-0.1, -0.05) is 112 Å². The first-order valence-electron chi connectivity index (χ1n) is 14.3. The van der Waals surface area contributed by atoms with Crippen LogP contribution in [0.4, 0.5) is 0 Å². The molecule has 0 fully saturated rings. The molecule has 0 rings (SSSR count). The molecular weight excluding hydrogens is 394 g/mol. The van der Waals surface area contributed by atoms with Crippen molar-refractivity contribution in [2.75, 3.05) is 52.4 Å². The molecule has 0 aromatic heterocycles. The summed E-state index contributed by atoms with van der Waals surface area (Å²) in [4.78, 5) is 19.9. The largest absolute Gasteiger partial charge is 0.340 e. The topological polar surface area (TPSA) is 26.8 Å². The number of hydrogen-bond acceptors (Lipinski definition) is 3. The molecule has 0 heterocycles. The highest BCUT2D eigenvalue weighted by atomic mass is 16.2. The van der Waals surface area contributed by atoms with E-state index in [4.69, 9.17) is 0 Å². The Hall–Kier alpha value is -0.610. The van der Waals surface area contributed by atoms with Gasteiger partial charge in [0.1, 0.15) is 0 Å². The summed E-state index contributed by atoms with van der Waals surface area (Å²) in [6.07, 6.45) is 18.3. The van der Waals surface area contributed by atoms with E-state index in [0.717, 1.165) is 65.2 Å². The lowest BCUT2D eigenvalue weighted by molar-refractivity contribution is -0.131. The lowest BCUT2D eigenvalue weighted by Gasteiger charge is -2.29. The summed E-state index contributed by atoms with van der Waals surface area (Å²) in [7, 11) is 0. The molecule has 0 atom stereocenters. The Morgan fingerprint density at radius 1 is 0.469 bits per heavy atom. The van der Waals surface area contributed by atoms with Crippen molar-refractivity contribution in [1.82, 2.24) is 14.7 Å². The number of carbonyl (C=O) groups is 1. The minimum Gasteiger partial charge on any atom is -0.340 e. The van der Waals surface area contributed by atoms with Gasteiger partial charge in [-0.2, -0.15) is 0 Å². The van der Waals surface area contributed by atoms with Gasteiger partial charge in [-0.25, -0.2) is 0 Å². The monoisotopic (exact) mass is 453 g/mol. The third-order valence-electron chi connectivity index (χ3n) is 7.01.